The summed E-state index contributed by atoms with van der Waals surface area (Å²) < 4.78 is 6.38. The van der Waals surface area contributed by atoms with Crippen molar-refractivity contribution in [3.05, 3.63) is 27.5 Å². The number of rotatable bonds is 2. The first kappa shape index (κ1) is 12.7. The van der Waals surface area contributed by atoms with Crippen molar-refractivity contribution in [1.82, 2.24) is 5.32 Å². The fourth-order valence-electron chi connectivity index (χ4n) is 1.59. The van der Waals surface area contributed by atoms with Gasteiger partial charge in [0.1, 0.15) is 11.3 Å². The average molecular weight is 359 g/mol. The summed E-state index contributed by atoms with van der Waals surface area (Å²) in [6, 6.07) is 4.63. The molecule has 1 aromatic heterocycles. The average Bonchev–Trinajstić information content (AvgIpc) is 2.66. The Balaban J connectivity index is 2.68. The number of benzene rings is 1. The lowest BCUT2D eigenvalue weighted by atomic mass is 10.2. The van der Waals surface area contributed by atoms with Gasteiger partial charge >= 0.3 is 6.03 Å². The molecule has 3 amide bonds. The molecule has 0 aliphatic carbocycles. The number of halogens is 1. The van der Waals surface area contributed by atoms with Crippen LogP contribution in [0.4, 0.5) is 10.5 Å². The number of primary amides is 1. The molecule has 2 rings (SSSR count). The van der Waals surface area contributed by atoms with Gasteiger partial charge in [-0.2, -0.15) is 0 Å². The quantitative estimate of drug-likeness (QED) is 0.715. The van der Waals surface area contributed by atoms with E-state index >= 15 is 0 Å². The van der Waals surface area contributed by atoms with Gasteiger partial charge in [0, 0.05) is 16.0 Å². The molecule has 0 radical (unpaired) electrons. The van der Waals surface area contributed by atoms with Gasteiger partial charge < -0.3 is 20.8 Å². The highest BCUT2D eigenvalue weighted by Crippen LogP contribution is 2.32. The second-order valence-corrected chi connectivity index (χ2v) is 4.76. The lowest BCUT2D eigenvalue weighted by molar-refractivity contribution is 0.0939. The van der Waals surface area contributed by atoms with Crippen LogP contribution in [0.5, 0.6) is 0 Å². The zero-order valence-corrected chi connectivity index (χ0v) is 11.6. The molecule has 0 fully saturated rings. The van der Waals surface area contributed by atoms with Crippen molar-refractivity contribution in [3.63, 3.8) is 0 Å². The Bertz CT molecular complexity index is 636. The molecule has 0 aliphatic heterocycles. The van der Waals surface area contributed by atoms with E-state index in [0.29, 0.717) is 11.0 Å². The van der Waals surface area contributed by atoms with Crippen LogP contribution >= 0.6 is 22.6 Å². The highest BCUT2D eigenvalue weighted by atomic mass is 127. The molecule has 0 aliphatic rings. The molecule has 0 atom stereocenters. The number of urea groups is 1. The Hall–Kier alpha value is -1.77. The maximum Gasteiger partial charge on any atom is 0.316 e. The van der Waals surface area contributed by atoms with Gasteiger partial charge in [0.15, 0.2) is 0 Å². The highest BCUT2D eigenvalue weighted by molar-refractivity contribution is 14.1. The molecule has 0 saturated heterocycles. The van der Waals surface area contributed by atoms with E-state index in [1.807, 2.05) is 6.07 Å². The molecule has 18 heavy (non-hydrogen) atoms. The molecule has 0 bridgehead atoms. The number of furan rings is 1. The van der Waals surface area contributed by atoms with Crippen molar-refractivity contribution in [2.75, 3.05) is 12.4 Å². The molecule has 4 N–H and O–H groups in total. The van der Waals surface area contributed by atoms with Crippen molar-refractivity contribution in [3.8, 4) is 0 Å². The summed E-state index contributed by atoms with van der Waals surface area (Å²) in [7, 11) is 1.48. The second kappa shape index (κ2) is 4.84. The van der Waals surface area contributed by atoms with Gasteiger partial charge in [-0.15, -0.1) is 0 Å². The molecule has 0 saturated carbocycles. The van der Waals surface area contributed by atoms with Crippen LogP contribution in [-0.4, -0.2) is 19.0 Å². The third kappa shape index (κ3) is 2.26. The number of fused-ring (bicyclic) bond motifs is 1. The number of nitrogens with two attached hydrogens (primary N) is 1. The molecule has 1 heterocycles. The SMILES string of the molecule is CNC(=O)c1oc2ccc(I)cc2c1NC(N)=O. The third-order valence-electron chi connectivity index (χ3n) is 2.33. The first-order chi connectivity index (χ1) is 8.52. The van der Waals surface area contributed by atoms with E-state index in [2.05, 4.69) is 33.2 Å². The summed E-state index contributed by atoms with van der Waals surface area (Å²) in [5.41, 5.74) is 5.90. The number of amides is 3. The lowest BCUT2D eigenvalue weighted by Crippen LogP contribution is -2.23. The number of hydrogen-bond donors (Lipinski definition) is 3. The van der Waals surface area contributed by atoms with E-state index in [9.17, 15) is 9.59 Å². The smallest absolute Gasteiger partial charge is 0.316 e. The number of carbonyl (C=O) groups is 2. The van der Waals surface area contributed by atoms with Gasteiger partial charge in [-0.3, -0.25) is 4.79 Å². The van der Waals surface area contributed by atoms with Crippen LogP contribution in [0.25, 0.3) is 11.0 Å². The lowest BCUT2D eigenvalue weighted by Gasteiger charge is -2.01. The van der Waals surface area contributed by atoms with Gasteiger partial charge in [-0.05, 0) is 40.8 Å². The van der Waals surface area contributed by atoms with Crippen LogP contribution in [-0.2, 0) is 0 Å². The molecule has 94 valence electrons. The van der Waals surface area contributed by atoms with Crippen LogP contribution in [0.15, 0.2) is 22.6 Å². The Morgan fingerprint density at radius 2 is 2.11 bits per heavy atom. The van der Waals surface area contributed by atoms with E-state index < -0.39 is 11.9 Å². The van der Waals surface area contributed by atoms with Crippen LogP contribution in [0.2, 0.25) is 0 Å². The molecular weight excluding hydrogens is 349 g/mol. The molecule has 2 aromatic rings. The summed E-state index contributed by atoms with van der Waals surface area (Å²) in [5.74, 6) is -0.391. The minimum absolute atomic E-state index is 0.0355. The fraction of sp³-hybridized carbons (Fsp3) is 0.0909. The molecule has 6 nitrogen and oxygen atoms in total. The third-order valence-corrected chi connectivity index (χ3v) is 3.00. The summed E-state index contributed by atoms with van der Waals surface area (Å²) in [4.78, 5) is 22.7. The normalized spacial score (nSPS) is 10.3. The van der Waals surface area contributed by atoms with E-state index in [0.717, 1.165) is 3.57 Å². The summed E-state index contributed by atoms with van der Waals surface area (Å²) in [5, 5.41) is 5.50. The highest BCUT2D eigenvalue weighted by Gasteiger charge is 2.20. The Morgan fingerprint density at radius 3 is 2.72 bits per heavy atom. The minimum atomic E-state index is -0.748. The number of nitrogens with one attached hydrogen (secondary N) is 2. The predicted octanol–water partition coefficient (Wildman–Crippen LogP) is 1.89. The molecule has 0 spiro atoms. The van der Waals surface area contributed by atoms with E-state index in [-0.39, 0.29) is 11.4 Å². The van der Waals surface area contributed by atoms with Crippen molar-refractivity contribution in [2.24, 2.45) is 5.73 Å². The molecule has 1 aromatic carbocycles. The number of anilines is 1. The zero-order chi connectivity index (χ0) is 13.3. The first-order valence-corrected chi connectivity index (χ1v) is 6.11. The van der Waals surface area contributed by atoms with Crippen LogP contribution in [0, 0.1) is 3.57 Å². The number of carbonyl (C=O) groups excluding carboxylic acids is 2. The van der Waals surface area contributed by atoms with Crippen LogP contribution in [0.3, 0.4) is 0 Å². The summed E-state index contributed by atoms with van der Waals surface area (Å²) in [6.45, 7) is 0. The van der Waals surface area contributed by atoms with E-state index in [1.54, 1.807) is 12.1 Å². The molecule has 0 unspecified atom stereocenters. The van der Waals surface area contributed by atoms with E-state index in [4.69, 9.17) is 10.2 Å². The maximum atomic E-state index is 11.7. The summed E-state index contributed by atoms with van der Waals surface area (Å²) >= 11 is 2.13. The van der Waals surface area contributed by atoms with Crippen molar-refractivity contribution >= 4 is 51.2 Å². The van der Waals surface area contributed by atoms with Crippen molar-refractivity contribution in [1.29, 1.82) is 0 Å². The zero-order valence-electron chi connectivity index (χ0n) is 9.41. The Morgan fingerprint density at radius 1 is 1.39 bits per heavy atom. The van der Waals surface area contributed by atoms with Gasteiger partial charge in [0.2, 0.25) is 5.76 Å². The maximum absolute atomic E-state index is 11.7. The van der Waals surface area contributed by atoms with Gasteiger partial charge in [0.25, 0.3) is 5.91 Å². The molecular formula is C11H10IN3O3. The Kier molecular flexibility index (Phi) is 3.41. The van der Waals surface area contributed by atoms with Gasteiger partial charge in [0.05, 0.1) is 0 Å². The summed E-state index contributed by atoms with van der Waals surface area (Å²) in [6.07, 6.45) is 0. The van der Waals surface area contributed by atoms with Gasteiger partial charge in [-0.1, -0.05) is 0 Å². The number of hydrogen-bond acceptors (Lipinski definition) is 3. The first-order valence-electron chi connectivity index (χ1n) is 5.03. The van der Waals surface area contributed by atoms with E-state index in [1.165, 1.54) is 7.05 Å². The topological polar surface area (TPSA) is 97.4 Å². The molecule has 7 heteroatoms. The standard InChI is InChI=1S/C11H10IN3O3/c1-14-10(16)9-8(15-11(13)17)6-4-5(12)2-3-7(6)18-9/h2-4H,1H3,(H,14,16)(H3,13,15,17). The van der Waals surface area contributed by atoms with Crippen LogP contribution in [0.1, 0.15) is 10.6 Å². The Labute approximate surface area is 116 Å². The predicted molar refractivity (Wildman–Crippen MR) is 75.5 cm³/mol. The van der Waals surface area contributed by atoms with Crippen molar-refractivity contribution < 1.29 is 14.0 Å². The van der Waals surface area contributed by atoms with Crippen LogP contribution < -0.4 is 16.4 Å². The van der Waals surface area contributed by atoms with Gasteiger partial charge in [-0.25, -0.2) is 4.79 Å². The largest absolute Gasteiger partial charge is 0.449 e. The second-order valence-electron chi connectivity index (χ2n) is 3.52. The fourth-order valence-corrected chi connectivity index (χ4v) is 2.08. The monoisotopic (exact) mass is 359 g/mol. The van der Waals surface area contributed by atoms with Crippen molar-refractivity contribution in [2.45, 2.75) is 0 Å². The minimum Gasteiger partial charge on any atom is -0.449 e.